The Morgan fingerprint density at radius 2 is 1.89 bits per heavy atom. The van der Waals surface area contributed by atoms with Crippen molar-refractivity contribution in [2.45, 2.75) is 32.7 Å². The first-order valence-electron chi connectivity index (χ1n) is 6.39. The molecule has 1 aromatic rings. The summed E-state index contributed by atoms with van der Waals surface area (Å²) in [6.45, 7) is 3.97. The molecule has 1 unspecified atom stereocenters. The Balaban J connectivity index is 2.56. The standard InChI is InChI=1S/C15H20N2O2/c1-9-10(2)13(19-4)11(7-12(9)18-3)14(17)15(8-16)5-6-15/h7,14H,5-6,17H2,1-4H3. The second-order valence-electron chi connectivity index (χ2n) is 5.20. The van der Waals surface area contributed by atoms with Crippen LogP contribution in [-0.2, 0) is 0 Å². The number of hydrogen-bond donors (Lipinski definition) is 1. The SMILES string of the molecule is COc1cc(C(N)C2(C#N)CC2)c(OC)c(C)c1C. The van der Waals surface area contributed by atoms with Gasteiger partial charge in [0.1, 0.15) is 11.5 Å². The molecule has 4 nitrogen and oxygen atoms in total. The third-order valence-corrected chi connectivity index (χ3v) is 4.19. The van der Waals surface area contributed by atoms with Gasteiger partial charge < -0.3 is 15.2 Å². The fourth-order valence-electron chi connectivity index (χ4n) is 2.53. The summed E-state index contributed by atoms with van der Waals surface area (Å²) < 4.78 is 10.9. The molecular weight excluding hydrogens is 240 g/mol. The van der Waals surface area contributed by atoms with E-state index >= 15 is 0 Å². The molecule has 0 radical (unpaired) electrons. The van der Waals surface area contributed by atoms with Gasteiger partial charge in [-0.3, -0.25) is 0 Å². The van der Waals surface area contributed by atoms with E-state index in [9.17, 15) is 5.26 Å². The van der Waals surface area contributed by atoms with Crippen LogP contribution < -0.4 is 15.2 Å². The van der Waals surface area contributed by atoms with Crippen LogP contribution in [0.5, 0.6) is 11.5 Å². The molecule has 0 amide bonds. The lowest BCUT2D eigenvalue weighted by molar-refractivity contribution is 0.382. The number of hydrogen-bond acceptors (Lipinski definition) is 4. The Morgan fingerprint density at radius 3 is 2.32 bits per heavy atom. The number of nitrogens with two attached hydrogens (primary N) is 1. The molecule has 2 N–H and O–H groups in total. The summed E-state index contributed by atoms with van der Waals surface area (Å²) in [5.41, 5.74) is 8.79. The number of nitriles is 1. The van der Waals surface area contributed by atoms with Crippen molar-refractivity contribution in [2.75, 3.05) is 14.2 Å². The maximum atomic E-state index is 9.30. The van der Waals surface area contributed by atoms with Crippen LogP contribution in [0, 0.1) is 30.6 Å². The van der Waals surface area contributed by atoms with Crippen LogP contribution in [0.15, 0.2) is 6.07 Å². The Bertz CT molecular complexity index is 542. The van der Waals surface area contributed by atoms with E-state index in [1.165, 1.54) is 0 Å². The summed E-state index contributed by atoms with van der Waals surface area (Å²) in [7, 11) is 3.27. The molecule has 1 aliphatic rings. The van der Waals surface area contributed by atoms with Gasteiger partial charge in [0, 0.05) is 5.56 Å². The van der Waals surface area contributed by atoms with Crippen molar-refractivity contribution in [3.63, 3.8) is 0 Å². The fourth-order valence-corrected chi connectivity index (χ4v) is 2.53. The van der Waals surface area contributed by atoms with E-state index < -0.39 is 5.41 Å². The number of methoxy groups -OCH3 is 2. The fraction of sp³-hybridized carbons (Fsp3) is 0.533. The molecule has 1 atom stereocenters. The monoisotopic (exact) mass is 260 g/mol. The number of benzene rings is 1. The smallest absolute Gasteiger partial charge is 0.127 e. The Labute approximate surface area is 114 Å². The molecule has 0 aromatic heterocycles. The zero-order valence-corrected chi connectivity index (χ0v) is 11.9. The van der Waals surface area contributed by atoms with Crippen molar-refractivity contribution < 1.29 is 9.47 Å². The first-order chi connectivity index (χ1) is 9.00. The summed E-state index contributed by atoms with van der Waals surface area (Å²) in [4.78, 5) is 0. The predicted molar refractivity (Wildman–Crippen MR) is 73.2 cm³/mol. The van der Waals surface area contributed by atoms with Crippen molar-refractivity contribution in [3.8, 4) is 17.6 Å². The average molecular weight is 260 g/mol. The Hall–Kier alpha value is -1.73. The van der Waals surface area contributed by atoms with Crippen molar-refractivity contribution in [1.29, 1.82) is 5.26 Å². The minimum absolute atomic E-state index is 0.333. The third-order valence-electron chi connectivity index (χ3n) is 4.19. The third kappa shape index (κ3) is 2.04. The second kappa shape index (κ2) is 4.75. The highest BCUT2D eigenvalue weighted by atomic mass is 16.5. The van der Waals surface area contributed by atoms with E-state index in [1.807, 2.05) is 19.9 Å². The molecule has 0 heterocycles. The van der Waals surface area contributed by atoms with Crippen molar-refractivity contribution >= 4 is 0 Å². The van der Waals surface area contributed by atoms with Gasteiger partial charge in [-0.05, 0) is 43.9 Å². The molecule has 0 bridgehead atoms. The first-order valence-corrected chi connectivity index (χ1v) is 6.39. The molecular formula is C15H20N2O2. The van der Waals surface area contributed by atoms with Gasteiger partial charge >= 0.3 is 0 Å². The van der Waals surface area contributed by atoms with Crippen molar-refractivity contribution in [1.82, 2.24) is 0 Å². The molecule has 102 valence electrons. The van der Waals surface area contributed by atoms with Gasteiger partial charge in [-0.2, -0.15) is 5.26 Å². The van der Waals surface area contributed by atoms with Crippen molar-refractivity contribution in [2.24, 2.45) is 11.1 Å². The van der Waals surface area contributed by atoms with Gasteiger partial charge in [-0.25, -0.2) is 0 Å². The maximum Gasteiger partial charge on any atom is 0.127 e. The van der Waals surface area contributed by atoms with Crippen molar-refractivity contribution in [3.05, 3.63) is 22.8 Å². The molecule has 19 heavy (non-hydrogen) atoms. The first kappa shape index (κ1) is 13.7. The number of ether oxygens (including phenoxy) is 2. The quantitative estimate of drug-likeness (QED) is 0.903. The molecule has 0 aliphatic heterocycles. The van der Waals surface area contributed by atoms with Crippen LogP contribution in [0.2, 0.25) is 0 Å². The van der Waals surface area contributed by atoms with Gasteiger partial charge in [0.25, 0.3) is 0 Å². The van der Waals surface area contributed by atoms with E-state index in [2.05, 4.69) is 6.07 Å². The minimum atomic E-state index is -0.431. The summed E-state index contributed by atoms with van der Waals surface area (Å²) >= 11 is 0. The molecule has 4 heteroatoms. The molecule has 0 saturated heterocycles. The van der Waals surface area contributed by atoms with Crippen LogP contribution in [0.25, 0.3) is 0 Å². The van der Waals surface area contributed by atoms with E-state index in [4.69, 9.17) is 15.2 Å². The molecule has 1 aliphatic carbocycles. The second-order valence-corrected chi connectivity index (χ2v) is 5.20. The zero-order chi connectivity index (χ0) is 14.2. The predicted octanol–water partition coefficient (Wildman–Crippen LogP) is 2.62. The lowest BCUT2D eigenvalue weighted by Gasteiger charge is -2.23. The minimum Gasteiger partial charge on any atom is -0.496 e. The topological polar surface area (TPSA) is 68.3 Å². The van der Waals surface area contributed by atoms with E-state index in [-0.39, 0.29) is 6.04 Å². The van der Waals surface area contributed by atoms with Crippen LogP contribution >= 0.6 is 0 Å². The van der Waals surface area contributed by atoms with Crippen LogP contribution in [0.1, 0.15) is 35.6 Å². The van der Waals surface area contributed by atoms with E-state index in [1.54, 1.807) is 14.2 Å². The van der Waals surface area contributed by atoms with E-state index in [0.717, 1.165) is 41.0 Å². The van der Waals surface area contributed by atoms with Gasteiger partial charge in [0.15, 0.2) is 0 Å². The average Bonchev–Trinajstić information content (AvgIpc) is 3.21. The number of rotatable bonds is 4. The Morgan fingerprint density at radius 1 is 1.26 bits per heavy atom. The van der Waals surface area contributed by atoms with Gasteiger partial charge in [-0.1, -0.05) is 0 Å². The highest BCUT2D eigenvalue weighted by molar-refractivity contribution is 5.54. The van der Waals surface area contributed by atoms with Crippen LogP contribution in [0.4, 0.5) is 0 Å². The lowest BCUT2D eigenvalue weighted by atomic mass is 9.89. The molecule has 1 aromatic carbocycles. The lowest BCUT2D eigenvalue weighted by Crippen LogP contribution is -2.22. The van der Waals surface area contributed by atoms with Crippen LogP contribution in [-0.4, -0.2) is 14.2 Å². The van der Waals surface area contributed by atoms with Gasteiger partial charge in [0.2, 0.25) is 0 Å². The largest absolute Gasteiger partial charge is 0.496 e. The summed E-state index contributed by atoms with van der Waals surface area (Å²) in [5, 5.41) is 9.30. The molecule has 1 fully saturated rings. The highest BCUT2D eigenvalue weighted by Crippen LogP contribution is 2.55. The van der Waals surface area contributed by atoms with Gasteiger partial charge in [-0.15, -0.1) is 0 Å². The highest BCUT2D eigenvalue weighted by Gasteiger charge is 2.50. The number of nitrogens with zero attached hydrogens (tertiary/aromatic N) is 1. The van der Waals surface area contributed by atoms with Gasteiger partial charge in [0.05, 0.1) is 31.7 Å². The normalized spacial score (nSPS) is 17.5. The molecule has 2 rings (SSSR count). The summed E-state index contributed by atoms with van der Waals surface area (Å²) in [6, 6.07) is 3.93. The van der Waals surface area contributed by atoms with Crippen LogP contribution in [0.3, 0.4) is 0 Å². The Kier molecular flexibility index (Phi) is 3.42. The summed E-state index contributed by atoms with van der Waals surface area (Å²) in [5.74, 6) is 1.56. The maximum absolute atomic E-state index is 9.30. The van der Waals surface area contributed by atoms with E-state index in [0.29, 0.717) is 0 Å². The summed E-state index contributed by atoms with van der Waals surface area (Å²) in [6.07, 6.45) is 1.70. The molecule has 0 spiro atoms. The zero-order valence-electron chi connectivity index (χ0n) is 11.9. The molecule has 1 saturated carbocycles.